The Morgan fingerprint density at radius 3 is 2.43 bits per heavy atom. The SMILES string of the molecule is c1ccc(Oc2cccc(CCc3cc4c(cn3)[nH]c3ccccc34)c2)cc1. The van der Waals surface area contributed by atoms with Crippen molar-refractivity contribution in [2.24, 2.45) is 0 Å². The largest absolute Gasteiger partial charge is 0.457 e. The molecule has 0 spiro atoms. The maximum absolute atomic E-state index is 5.95. The number of rotatable bonds is 5. The molecule has 3 nitrogen and oxygen atoms in total. The van der Waals surface area contributed by atoms with Gasteiger partial charge >= 0.3 is 0 Å². The molecule has 0 unspecified atom stereocenters. The first-order valence-corrected chi connectivity index (χ1v) is 9.52. The van der Waals surface area contributed by atoms with Gasteiger partial charge in [0.05, 0.1) is 11.7 Å². The van der Waals surface area contributed by atoms with Crippen LogP contribution < -0.4 is 4.74 Å². The van der Waals surface area contributed by atoms with E-state index in [0.717, 1.165) is 41.1 Å². The van der Waals surface area contributed by atoms with E-state index in [4.69, 9.17) is 4.74 Å². The highest BCUT2D eigenvalue weighted by Gasteiger charge is 2.06. The molecule has 28 heavy (non-hydrogen) atoms. The van der Waals surface area contributed by atoms with Crippen LogP contribution in [0.3, 0.4) is 0 Å². The van der Waals surface area contributed by atoms with Gasteiger partial charge in [-0.15, -0.1) is 0 Å². The minimum Gasteiger partial charge on any atom is -0.457 e. The first-order valence-electron chi connectivity index (χ1n) is 9.52. The summed E-state index contributed by atoms with van der Waals surface area (Å²) in [5.74, 6) is 1.72. The highest BCUT2D eigenvalue weighted by atomic mass is 16.5. The van der Waals surface area contributed by atoms with Crippen LogP contribution in [0, 0.1) is 0 Å². The molecule has 0 aliphatic carbocycles. The quantitative estimate of drug-likeness (QED) is 0.398. The number of aryl methyl sites for hydroxylation is 2. The lowest BCUT2D eigenvalue weighted by Gasteiger charge is -2.08. The summed E-state index contributed by atoms with van der Waals surface area (Å²) in [5.41, 5.74) is 4.59. The monoisotopic (exact) mass is 364 g/mol. The highest BCUT2D eigenvalue weighted by Crippen LogP contribution is 2.26. The molecule has 5 rings (SSSR count). The lowest BCUT2D eigenvalue weighted by Crippen LogP contribution is -1.95. The van der Waals surface area contributed by atoms with Crippen molar-refractivity contribution < 1.29 is 4.74 Å². The second kappa shape index (κ2) is 7.20. The second-order valence-corrected chi connectivity index (χ2v) is 6.95. The fraction of sp³-hybridized carbons (Fsp3) is 0.0800. The number of fused-ring (bicyclic) bond motifs is 3. The molecule has 0 radical (unpaired) electrons. The van der Waals surface area contributed by atoms with Gasteiger partial charge in [0, 0.05) is 22.0 Å². The first-order chi connectivity index (χ1) is 13.8. The maximum Gasteiger partial charge on any atom is 0.127 e. The van der Waals surface area contributed by atoms with Crippen LogP contribution in [0.4, 0.5) is 0 Å². The molecular weight excluding hydrogens is 344 g/mol. The summed E-state index contributed by atoms with van der Waals surface area (Å²) >= 11 is 0. The van der Waals surface area contributed by atoms with Crippen molar-refractivity contribution in [1.29, 1.82) is 0 Å². The number of nitrogens with zero attached hydrogens (tertiary/aromatic N) is 1. The van der Waals surface area contributed by atoms with Crippen LogP contribution in [0.1, 0.15) is 11.3 Å². The molecule has 0 atom stereocenters. The average Bonchev–Trinajstić information content (AvgIpc) is 3.11. The number of benzene rings is 3. The fourth-order valence-electron chi connectivity index (χ4n) is 3.59. The zero-order valence-electron chi connectivity index (χ0n) is 15.4. The third-order valence-electron chi connectivity index (χ3n) is 4.99. The minimum atomic E-state index is 0.853. The van der Waals surface area contributed by atoms with Crippen LogP contribution in [0.25, 0.3) is 21.8 Å². The first kappa shape index (κ1) is 16.6. The third-order valence-corrected chi connectivity index (χ3v) is 4.99. The summed E-state index contributed by atoms with van der Waals surface area (Å²) in [6, 6.07) is 28.8. The number of pyridine rings is 1. The normalized spacial score (nSPS) is 11.1. The van der Waals surface area contributed by atoms with E-state index in [9.17, 15) is 0 Å². The molecule has 1 N–H and O–H groups in total. The Bertz CT molecular complexity index is 1240. The summed E-state index contributed by atoms with van der Waals surface area (Å²) in [6.45, 7) is 0. The molecule has 0 fully saturated rings. The van der Waals surface area contributed by atoms with Crippen LogP contribution in [0.5, 0.6) is 11.5 Å². The Hall–Kier alpha value is -3.59. The molecule has 0 bridgehead atoms. The zero-order valence-corrected chi connectivity index (χ0v) is 15.4. The Morgan fingerprint density at radius 1 is 0.679 bits per heavy atom. The number of aromatic nitrogens is 2. The molecule has 0 aliphatic rings. The van der Waals surface area contributed by atoms with E-state index < -0.39 is 0 Å². The third kappa shape index (κ3) is 3.35. The molecule has 0 aliphatic heterocycles. The summed E-state index contributed by atoms with van der Waals surface area (Å²) in [4.78, 5) is 8.08. The Labute approximate surface area is 163 Å². The number of aromatic amines is 1. The van der Waals surface area contributed by atoms with Gasteiger partial charge in [-0.25, -0.2) is 0 Å². The molecule has 3 aromatic carbocycles. The smallest absolute Gasteiger partial charge is 0.127 e. The number of ether oxygens (including phenoxy) is 1. The van der Waals surface area contributed by atoms with Crippen molar-refractivity contribution in [3.63, 3.8) is 0 Å². The number of hydrogen-bond donors (Lipinski definition) is 1. The summed E-state index contributed by atoms with van der Waals surface area (Å²) in [6.07, 6.45) is 3.76. The summed E-state index contributed by atoms with van der Waals surface area (Å²) in [7, 11) is 0. The van der Waals surface area contributed by atoms with Gasteiger partial charge in [0.2, 0.25) is 0 Å². The molecule has 136 valence electrons. The number of nitrogens with one attached hydrogen (secondary N) is 1. The van der Waals surface area contributed by atoms with E-state index in [1.807, 2.05) is 48.7 Å². The van der Waals surface area contributed by atoms with Crippen LogP contribution in [-0.4, -0.2) is 9.97 Å². The van der Waals surface area contributed by atoms with Gasteiger partial charge in [0.1, 0.15) is 11.5 Å². The van der Waals surface area contributed by atoms with Gasteiger partial charge in [-0.1, -0.05) is 48.5 Å². The maximum atomic E-state index is 5.95. The van der Waals surface area contributed by atoms with Gasteiger partial charge in [0.25, 0.3) is 0 Å². The van der Waals surface area contributed by atoms with E-state index >= 15 is 0 Å². The molecule has 5 aromatic rings. The van der Waals surface area contributed by atoms with Crippen molar-refractivity contribution >= 4 is 21.8 Å². The second-order valence-electron chi connectivity index (χ2n) is 6.95. The molecular formula is C25H20N2O. The van der Waals surface area contributed by atoms with E-state index in [0.29, 0.717) is 0 Å². The van der Waals surface area contributed by atoms with Crippen LogP contribution in [-0.2, 0) is 12.8 Å². The molecule has 2 heterocycles. The summed E-state index contributed by atoms with van der Waals surface area (Å²) in [5, 5.41) is 2.49. The van der Waals surface area contributed by atoms with E-state index in [-0.39, 0.29) is 0 Å². The predicted octanol–water partition coefficient (Wildman–Crippen LogP) is 6.29. The molecule has 0 saturated heterocycles. The average molecular weight is 364 g/mol. The Kier molecular flexibility index (Phi) is 4.26. The van der Waals surface area contributed by atoms with Crippen molar-refractivity contribution in [3.8, 4) is 11.5 Å². The van der Waals surface area contributed by atoms with Crippen molar-refractivity contribution in [2.75, 3.05) is 0 Å². The molecule has 0 saturated carbocycles. The Balaban J connectivity index is 1.34. The van der Waals surface area contributed by atoms with E-state index in [1.54, 1.807) is 0 Å². The highest BCUT2D eigenvalue weighted by molar-refractivity contribution is 6.06. The van der Waals surface area contributed by atoms with Gasteiger partial charge in [0.15, 0.2) is 0 Å². The van der Waals surface area contributed by atoms with Gasteiger partial charge in [-0.05, 0) is 54.8 Å². The standard InChI is InChI=1S/C25H20N2O/c1-2-8-20(9-3-1)28-21-10-6-7-18(15-21)13-14-19-16-23-22-11-4-5-12-24(22)27-25(23)17-26-19/h1-12,15-17,27H,13-14H2. The van der Waals surface area contributed by atoms with Crippen LogP contribution >= 0.6 is 0 Å². The van der Waals surface area contributed by atoms with Crippen molar-refractivity contribution in [2.45, 2.75) is 12.8 Å². The minimum absolute atomic E-state index is 0.853. The Morgan fingerprint density at radius 2 is 1.50 bits per heavy atom. The van der Waals surface area contributed by atoms with Gasteiger partial charge in [-0.3, -0.25) is 4.98 Å². The molecule has 2 aromatic heterocycles. The van der Waals surface area contributed by atoms with Crippen LogP contribution in [0.2, 0.25) is 0 Å². The van der Waals surface area contributed by atoms with Crippen molar-refractivity contribution in [3.05, 3.63) is 102 Å². The number of H-pyrrole nitrogens is 1. The topological polar surface area (TPSA) is 37.9 Å². The van der Waals surface area contributed by atoms with E-state index in [2.05, 4.69) is 52.4 Å². The number of para-hydroxylation sites is 2. The van der Waals surface area contributed by atoms with E-state index in [1.165, 1.54) is 16.3 Å². The van der Waals surface area contributed by atoms with Gasteiger partial charge in [-0.2, -0.15) is 0 Å². The molecule has 0 amide bonds. The lowest BCUT2D eigenvalue weighted by molar-refractivity contribution is 0.482. The van der Waals surface area contributed by atoms with Gasteiger partial charge < -0.3 is 9.72 Å². The predicted molar refractivity (Wildman–Crippen MR) is 114 cm³/mol. The summed E-state index contributed by atoms with van der Waals surface area (Å²) < 4.78 is 5.95. The fourth-order valence-corrected chi connectivity index (χ4v) is 3.59. The zero-order chi connectivity index (χ0) is 18.8. The van der Waals surface area contributed by atoms with Crippen molar-refractivity contribution in [1.82, 2.24) is 9.97 Å². The lowest BCUT2D eigenvalue weighted by atomic mass is 10.1. The molecule has 3 heteroatoms. The van der Waals surface area contributed by atoms with Crippen LogP contribution in [0.15, 0.2) is 91.1 Å². The number of hydrogen-bond acceptors (Lipinski definition) is 2.